The third-order valence-electron chi connectivity index (χ3n) is 6.78. The Balaban J connectivity index is 1.82. The van der Waals surface area contributed by atoms with Crippen molar-refractivity contribution in [2.75, 3.05) is 6.61 Å². The fourth-order valence-corrected chi connectivity index (χ4v) is 5.81. The average Bonchev–Trinajstić information content (AvgIpc) is 2.86. The van der Waals surface area contributed by atoms with Gasteiger partial charge in [0.15, 0.2) is 0 Å². The van der Waals surface area contributed by atoms with Gasteiger partial charge in [0, 0.05) is 5.92 Å². The first-order valence-electron chi connectivity index (χ1n) is 11.4. The van der Waals surface area contributed by atoms with Crippen LogP contribution in [0, 0.1) is 5.92 Å². The smallest absolute Gasteiger partial charge is 0.274 e. The quantitative estimate of drug-likeness (QED) is 0.313. The maximum Gasteiger partial charge on any atom is 0.274 e. The minimum atomic E-state index is -4.38. The van der Waals surface area contributed by atoms with Crippen molar-refractivity contribution in [2.45, 2.75) is 30.6 Å². The van der Waals surface area contributed by atoms with Crippen molar-refractivity contribution in [2.24, 2.45) is 5.92 Å². The van der Waals surface area contributed by atoms with Crippen molar-refractivity contribution >= 4 is 10.1 Å². The molecule has 0 heterocycles. The van der Waals surface area contributed by atoms with Crippen LogP contribution in [0.3, 0.4) is 0 Å². The summed E-state index contributed by atoms with van der Waals surface area (Å²) in [5.74, 6) is -0.515. The highest BCUT2D eigenvalue weighted by molar-refractivity contribution is 7.87. The summed E-state index contributed by atoms with van der Waals surface area (Å²) in [4.78, 5) is 0. The number of hydrogen-bond donors (Lipinski definition) is 1. The van der Waals surface area contributed by atoms with Gasteiger partial charge in [0.1, 0.15) is 10.3 Å². The van der Waals surface area contributed by atoms with Crippen LogP contribution in [0.1, 0.15) is 37.0 Å². The van der Waals surface area contributed by atoms with E-state index in [4.69, 9.17) is 4.74 Å². The molecule has 1 aliphatic rings. The van der Waals surface area contributed by atoms with Crippen molar-refractivity contribution in [1.82, 2.24) is 0 Å². The van der Waals surface area contributed by atoms with Gasteiger partial charge in [-0.25, -0.2) is 0 Å². The predicted molar refractivity (Wildman–Crippen MR) is 136 cm³/mol. The molecule has 0 aliphatic heterocycles. The van der Waals surface area contributed by atoms with Gasteiger partial charge in [0.2, 0.25) is 0 Å². The molecule has 0 amide bonds. The van der Waals surface area contributed by atoms with E-state index in [1.807, 2.05) is 111 Å². The standard InChI is InChI=1S/C29H30O4S/c1-23-18-20-28(21-19-23,34(30,31)32)24(2)22-33-29(25-12-6-3-7-13-25,26-14-8-4-9-15-26)27-16-10-5-11-17-27/h3-20,24H,21-22H2,1-2H3,(H,30,31,32)/t24?,28-/m0/s1. The van der Waals surface area contributed by atoms with Gasteiger partial charge in [-0.1, -0.05) is 122 Å². The van der Waals surface area contributed by atoms with Crippen LogP contribution < -0.4 is 0 Å². The third-order valence-corrected chi connectivity index (χ3v) is 8.44. The molecule has 1 aliphatic carbocycles. The van der Waals surface area contributed by atoms with E-state index >= 15 is 0 Å². The normalized spacial score (nSPS) is 19.4. The molecule has 4 rings (SSSR count). The molecular formula is C29H30O4S. The van der Waals surface area contributed by atoms with E-state index in [0.717, 1.165) is 22.3 Å². The maximum atomic E-state index is 12.6. The first-order valence-corrected chi connectivity index (χ1v) is 12.9. The van der Waals surface area contributed by atoms with Crippen LogP contribution in [0.4, 0.5) is 0 Å². The Bertz CT molecular complexity index is 1170. The van der Waals surface area contributed by atoms with E-state index in [0.29, 0.717) is 0 Å². The van der Waals surface area contributed by atoms with Crippen molar-refractivity contribution < 1.29 is 17.7 Å². The second-order valence-electron chi connectivity index (χ2n) is 8.91. The van der Waals surface area contributed by atoms with Gasteiger partial charge in [-0.2, -0.15) is 8.42 Å². The van der Waals surface area contributed by atoms with Crippen LogP contribution in [0.15, 0.2) is 115 Å². The third kappa shape index (κ3) is 4.39. The highest BCUT2D eigenvalue weighted by Crippen LogP contribution is 2.43. The number of rotatable bonds is 8. The molecule has 4 nitrogen and oxygen atoms in total. The monoisotopic (exact) mass is 474 g/mol. The van der Waals surface area contributed by atoms with Crippen molar-refractivity contribution in [3.05, 3.63) is 131 Å². The van der Waals surface area contributed by atoms with E-state index in [-0.39, 0.29) is 13.0 Å². The molecule has 1 N–H and O–H groups in total. The summed E-state index contributed by atoms with van der Waals surface area (Å²) in [7, 11) is -4.38. The SMILES string of the molecule is CC1=CC[C@@](C(C)COC(c2ccccc2)(c2ccccc2)c2ccccc2)(S(=O)(=O)O)C=C1. The lowest BCUT2D eigenvalue weighted by Gasteiger charge is -2.40. The maximum absolute atomic E-state index is 12.6. The first-order chi connectivity index (χ1) is 16.3. The number of allylic oxidation sites excluding steroid dienone is 3. The average molecular weight is 475 g/mol. The molecule has 0 fully saturated rings. The molecule has 2 atom stereocenters. The lowest BCUT2D eigenvalue weighted by Crippen LogP contribution is -2.46. The summed E-state index contributed by atoms with van der Waals surface area (Å²) in [6, 6.07) is 29.9. The second-order valence-corrected chi connectivity index (χ2v) is 10.6. The lowest BCUT2D eigenvalue weighted by molar-refractivity contribution is -0.0102. The van der Waals surface area contributed by atoms with E-state index in [1.165, 1.54) is 0 Å². The van der Waals surface area contributed by atoms with E-state index in [2.05, 4.69) is 0 Å². The molecule has 0 bridgehead atoms. The van der Waals surface area contributed by atoms with Crippen molar-refractivity contribution in [3.63, 3.8) is 0 Å². The first kappa shape index (κ1) is 24.1. The highest BCUT2D eigenvalue weighted by atomic mass is 32.2. The molecule has 0 spiro atoms. The number of hydrogen-bond acceptors (Lipinski definition) is 3. The second kappa shape index (κ2) is 9.71. The summed E-state index contributed by atoms with van der Waals surface area (Å²) in [6.07, 6.45) is 5.42. The van der Waals surface area contributed by atoms with Crippen LogP contribution in [0.25, 0.3) is 0 Å². The summed E-state index contributed by atoms with van der Waals surface area (Å²) < 4.78 is 40.9. The molecule has 0 saturated carbocycles. The van der Waals surface area contributed by atoms with Gasteiger partial charge in [0.05, 0.1) is 6.61 Å². The molecule has 5 heteroatoms. The van der Waals surface area contributed by atoms with Crippen molar-refractivity contribution in [3.8, 4) is 0 Å². The molecule has 0 aromatic heterocycles. The summed E-state index contributed by atoms with van der Waals surface area (Å²) in [5, 5.41) is 0. The molecule has 3 aromatic carbocycles. The van der Waals surface area contributed by atoms with Gasteiger partial charge in [0.25, 0.3) is 10.1 Å². The van der Waals surface area contributed by atoms with E-state index in [1.54, 1.807) is 12.2 Å². The van der Waals surface area contributed by atoms with Gasteiger partial charge < -0.3 is 4.74 Å². The number of benzene rings is 3. The van der Waals surface area contributed by atoms with Crippen LogP contribution in [0.2, 0.25) is 0 Å². The Kier molecular flexibility index (Phi) is 6.89. The van der Waals surface area contributed by atoms with E-state index < -0.39 is 26.4 Å². The minimum Gasteiger partial charge on any atom is -0.360 e. The zero-order valence-corrected chi connectivity index (χ0v) is 20.3. The summed E-state index contributed by atoms with van der Waals surface area (Å²) in [5.41, 5.74) is 2.84. The molecular weight excluding hydrogens is 444 g/mol. The Morgan fingerprint density at radius 3 is 1.68 bits per heavy atom. The lowest BCUT2D eigenvalue weighted by atomic mass is 9.79. The summed E-state index contributed by atoms with van der Waals surface area (Å²) >= 11 is 0. The summed E-state index contributed by atoms with van der Waals surface area (Å²) in [6.45, 7) is 3.84. The Labute approximate surface area is 202 Å². The molecule has 3 aromatic rings. The van der Waals surface area contributed by atoms with E-state index in [9.17, 15) is 13.0 Å². The topological polar surface area (TPSA) is 63.6 Å². The fourth-order valence-electron chi connectivity index (χ4n) is 4.70. The zero-order chi connectivity index (χ0) is 24.2. The highest BCUT2D eigenvalue weighted by Gasteiger charge is 2.47. The van der Waals surface area contributed by atoms with Crippen LogP contribution in [-0.2, 0) is 20.5 Å². The van der Waals surface area contributed by atoms with Crippen molar-refractivity contribution in [1.29, 1.82) is 0 Å². The molecule has 1 unspecified atom stereocenters. The van der Waals surface area contributed by atoms with Crippen LogP contribution >= 0.6 is 0 Å². The molecule has 176 valence electrons. The van der Waals surface area contributed by atoms with Crippen LogP contribution in [-0.4, -0.2) is 24.3 Å². The Morgan fingerprint density at radius 2 is 1.32 bits per heavy atom. The van der Waals surface area contributed by atoms with Gasteiger partial charge in [-0.3, -0.25) is 4.55 Å². The minimum absolute atomic E-state index is 0.107. The fraction of sp³-hybridized carbons (Fsp3) is 0.241. The molecule has 0 radical (unpaired) electrons. The van der Waals surface area contributed by atoms with Gasteiger partial charge in [-0.05, 0) is 30.0 Å². The van der Waals surface area contributed by atoms with Gasteiger partial charge >= 0.3 is 0 Å². The molecule has 34 heavy (non-hydrogen) atoms. The Morgan fingerprint density at radius 1 is 0.882 bits per heavy atom. The zero-order valence-electron chi connectivity index (χ0n) is 19.5. The predicted octanol–water partition coefficient (Wildman–Crippen LogP) is 6.16. The molecule has 0 saturated heterocycles. The number of ether oxygens (including phenoxy) is 1. The largest absolute Gasteiger partial charge is 0.360 e. The van der Waals surface area contributed by atoms with Crippen LogP contribution in [0.5, 0.6) is 0 Å². The van der Waals surface area contributed by atoms with Gasteiger partial charge in [-0.15, -0.1) is 0 Å². The Hall–Kier alpha value is -2.99.